The molecule has 28 heavy (non-hydrogen) atoms. The van der Waals surface area contributed by atoms with E-state index in [1.54, 1.807) is 30.3 Å². The van der Waals surface area contributed by atoms with Crippen molar-refractivity contribution in [2.24, 2.45) is 0 Å². The minimum Gasteiger partial charge on any atom is -0.349 e. The first-order chi connectivity index (χ1) is 13.4. The molecule has 0 aromatic heterocycles. The lowest BCUT2D eigenvalue weighted by atomic mass is 9.95. The number of hydrogen-bond acceptors (Lipinski definition) is 2. The molecule has 0 radical (unpaired) electrons. The monoisotopic (exact) mass is 418 g/mol. The molecule has 0 unspecified atom stereocenters. The van der Waals surface area contributed by atoms with Crippen molar-refractivity contribution in [3.8, 4) is 0 Å². The third-order valence-electron chi connectivity index (χ3n) is 5.05. The van der Waals surface area contributed by atoms with Crippen LogP contribution in [0.15, 0.2) is 36.4 Å². The van der Waals surface area contributed by atoms with Crippen LogP contribution in [0.5, 0.6) is 0 Å². The molecule has 2 aromatic carbocycles. The van der Waals surface area contributed by atoms with Crippen molar-refractivity contribution in [2.45, 2.75) is 51.5 Å². The molecule has 0 heterocycles. The smallest absolute Gasteiger partial charge is 0.251 e. The lowest BCUT2D eigenvalue weighted by Gasteiger charge is -2.23. The highest BCUT2D eigenvalue weighted by molar-refractivity contribution is 6.42. The number of hydrogen-bond donors (Lipinski definition) is 2. The minimum absolute atomic E-state index is 0.0521. The van der Waals surface area contributed by atoms with E-state index in [0.29, 0.717) is 21.3 Å². The fourth-order valence-electron chi connectivity index (χ4n) is 3.49. The Morgan fingerprint density at radius 2 is 1.75 bits per heavy atom. The maximum atomic E-state index is 12.5. The van der Waals surface area contributed by atoms with Gasteiger partial charge in [0.15, 0.2) is 0 Å². The van der Waals surface area contributed by atoms with Gasteiger partial charge in [-0.2, -0.15) is 0 Å². The molecular weight excluding hydrogens is 395 g/mol. The van der Waals surface area contributed by atoms with Gasteiger partial charge in [-0.3, -0.25) is 9.59 Å². The van der Waals surface area contributed by atoms with Crippen LogP contribution in [0.2, 0.25) is 10.0 Å². The molecule has 148 valence electrons. The summed E-state index contributed by atoms with van der Waals surface area (Å²) in [6.45, 7) is 1.88. The van der Waals surface area contributed by atoms with Gasteiger partial charge in [-0.25, -0.2) is 0 Å². The largest absolute Gasteiger partial charge is 0.349 e. The second-order valence-electron chi connectivity index (χ2n) is 7.31. The van der Waals surface area contributed by atoms with Crippen LogP contribution in [0.4, 0.5) is 5.69 Å². The predicted molar refractivity (Wildman–Crippen MR) is 114 cm³/mol. The first-order valence-electron chi connectivity index (χ1n) is 9.57. The summed E-state index contributed by atoms with van der Waals surface area (Å²) >= 11 is 11.9. The number of aryl methyl sites for hydroxylation is 1. The Morgan fingerprint density at radius 1 is 1.00 bits per heavy atom. The summed E-state index contributed by atoms with van der Waals surface area (Å²) in [5, 5.41) is 6.90. The van der Waals surface area contributed by atoms with E-state index < -0.39 is 0 Å². The van der Waals surface area contributed by atoms with E-state index in [-0.39, 0.29) is 24.3 Å². The Balaban J connectivity index is 1.60. The van der Waals surface area contributed by atoms with E-state index in [1.807, 2.05) is 13.0 Å². The Labute approximate surface area is 175 Å². The maximum absolute atomic E-state index is 12.5. The van der Waals surface area contributed by atoms with Crippen LogP contribution in [0.1, 0.15) is 53.6 Å². The van der Waals surface area contributed by atoms with Crippen LogP contribution in [0.25, 0.3) is 0 Å². The number of carbonyl (C=O) groups is 2. The molecule has 2 amide bonds. The molecule has 0 saturated heterocycles. The number of nitrogens with one attached hydrogen (secondary N) is 2. The van der Waals surface area contributed by atoms with Crippen LogP contribution in [0, 0.1) is 6.92 Å². The average Bonchev–Trinajstić information content (AvgIpc) is 2.67. The zero-order chi connectivity index (χ0) is 20.1. The zero-order valence-electron chi connectivity index (χ0n) is 15.9. The second-order valence-corrected chi connectivity index (χ2v) is 8.13. The van der Waals surface area contributed by atoms with Crippen molar-refractivity contribution in [2.75, 3.05) is 5.32 Å². The molecular formula is C22H24Cl2N2O2. The summed E-state index contributed by atoms with van der Waals surface area (Å²) in [7, 11) is 0. The number of amides is 2. The molecule has 0 spiro atoms. The Kier molecular flexibility index (Phi) is 6.97. The Bertz CT molecular complexity index is 877. The number of carbonyl (C=O) groups excluding carboxylic acids is 2. The first-order valence-corrected chi connectivity index (χ1v) is 10.3. The highest BCUT2D eigenvalue weighted by Crippen LogP contribution is 2.23. The van der Waals surface area contributed by atoms with E-state index in [2.05, 4.69) is 10.6 Å². The number of benzene rings is 2. The molecule has 1 saturated carbocycles. The van der Waals surface area contributed by atoms with Crippen molar-refractivity contribution in [1.82, 2.24) is 5.32 Å². The Morgan fingerprint density at radius 3 is 2.43 bits per heavy atom. The highest BCUT2D eigenvalue weighted by atomic mass is 35.5. The standard InChI is InChI=1S/C22H24Cl2N2O2/c1-14-11-16(22(28)25-17-5-3-2-4-6-17)8-10-20(14)26-21(27)13-15-7-9-18(23)19(24)12-15/h7-12,17H,2-6,13H2,1H3,(H,25,28)(H,26,27). The summed E-state index contributed by atoms with van der Waals surface area (Å²) in [6, 6.07) is 10.8. The van der Waals surface area contributed by atoms with Crippen LogP contribution < -0.4 is 10.6 Å². The van der Waals surface area contributed by atoms with Crippen molar-refractivity contribution < 1.29 is 9.59 Å². The van der Waals surface area contributed by atoms with Crippen molar-refractivity contribution >= 4 is 40.7 Å². The molecule has 3 rings (SSSR count). The van der Waals surface area contributed by atoms with Gasteiger partial charge in [-0.1, -0.05) is 48.5 Å². The highest BCUT2D eigenvalue weighted by Gasteiger charge is 2.17. The molecule has 2 N–H and O–H groups in total. The summed E-state index contributed by atoms with van der Waals surface area (Å²) in [6.07, 6.45) is 5.89. The molecule has 6 heteroatoms. The molecule has 4 nitrogen and oxygen atoms in total. The van der Waals surface area contributed by atoms with Crippen LogP contribution >= 0.6 is 23.2 Å². The fourth-order valence-corrected chi connectivity index (χ4v) is 3.81. The van der Waals surface area contributed by atoms with Gasteiger partial charge in [0.25, 0.3) is 5.91 Å². The van der Waals surface area contributed by atoms with Gasteiger partial charge in [-0.05, 0) is 61.2 Å². The van der Waals surface area contributed by atoms with Crippen LogP contribution in [-0.4, -0.2) is 17.9 Å². The molecule has 2 aromatic rings. The third kappa shape index (κ3) is 5.49. The summed E-state index contributed by atoms with van der Waals surface area (Å²) < 4.78 is 0. The molecule has 1 aliphatic carbocycles. The van der Waals surface area contributed by atoms with Gasteiger partial charge in [0.1, 0.15) is 0 Å². The van der Waals surface area contributed by atoms with Gasteiger partial charge in [0.2, 0.25) is 5.91 Å². The van der Waals surface area contributed by atoms with Crippen LogP contribution in [0.3, 0.4) is 0 Å². The second kappa shape index (κ2) is 9.44. The normalized spacial score (nSPS) is 14.5. The molecule has 0 aliphatic heterocycles. The van der Waals surface area contributed by atoms with Gasteiger partial charge in [0, 0.05) is 17.3 Å². The average molecular weight is 419 g/mol. The Hall–Kier alpha value is -2.04. The quantitative estimate of drug-likeness (QED) is 0.668. The first kappa shape index (κ1) is 20.7. The number of halogens is 2. The van der Waals surface area contributed by atoms with E-state index in [0.717, 1.165) is 24.0 Å². The van der Waals surface area contributed by atoms with Crippen molar-refractivity contribution in [1.29, 1.82) is 0 Å². The summed E-state index contributed by atoms with van der Waals surface area (Å²) in [5.74, 6) is -0.204. The minimum atomic E-state index is -0.152. The number of rotatable bonds is 5. The van der Waals surface area contributed by atoms with Crippen molar-refractivity contribution in [3.05, 3.63) is 63.1 Å². The molecule has 0 atom stereocenters. The predicted octanol–water partition coefficient (Wildman–Crippen LogP) is 5.55. The van der Waals surface area contributed by atoms with Gasteiger partial charge >= 0.3 is 0 Å². The number of anilines is 1. The fraction of sp³-hybridized carbons (Fsp3) is 0.364. The third-order valence-corrected chi connectivity index (χ3v) is 5.79. The summed E-state index contributed by atoms with van der Waals surface area (Å²) in [4.78, 5) is 24.8. The van der Waals surface area contributed by atoms with Gasteiger partial charge < -0.3 is 10.6 Å². The molecule has 1 fully saturated rings. The molecule has 1 aliphatic rings. The topological polar surface area (TPSA) is 58.2 Å². The maximum Gasteiger partial charge on any atom is 0.251 e. The zero-order valence-corrected chi connectivity index (χ0v) is 17.4. The summed E-state index contributed by atoms with van der Waals surface area (Å²) in [5.41, 5.74) is 2.94. The van der Waals surface area contributed by atoms with Gasteiger partial charge in [-0.15, -0.1) is 0 Å². The molecule has 0 bridgehead atoms. The van der Waals surface area contributed by atoms with E-state index in [1.165, 1.54) is 19.3 Å². The lowest BCUT2D eigenvalue weighted by molar-refractivity contribution is -0.115. The lowest BCUT2D eigenvalue weighted by Crippen LogP contribution is -2.36. The van der Waals surface area contributed by atoms with E-state index in [4.69, 9.17) is 23.2 Å². The van der Waals surface area contributed by atoms with E-state index in [9.17, 15) is 9.59 Å². The van der Waals surface area contributed by atoms with Crippen LogP contribution in [-0.2, 0) is 11.2 Å². The van der Waals surface area contributed by atoms with E-state index >= 15 is 0 Å². The van der Waals surface area contributed by atoms with Crippen molar-refractivity contribution in [3.63, 3.8) is 0 Å². The van der Waals surface area contributed by atoms with Gasteiger partial charge in [0.05, 0.1) is 16.5 Å². The SMILES string of the molecule is Cc1cc(C(=O)NC2CCCCC2)ccc1NC(=O)Cc1ccc(Cl)c(Cl)c1.